The van der Waals surface area contributed by atoms with Crippen LogP contribution in [0.3, 0.4) is 0 Å². The molecule has 1 atom stereocenters. The molecule has 35 heavy (non-hydrogen) atoms. The van der Waals surface area contributed by atoms with Gasteiger partial charge in [-0.15, -0.1) is 0 Å². The topological polar surface area (TPSA) is 81.2 Å². The third-order valence-corrected chi connectivity index (χ3v) is 7.47. The van der Waals surface area contributed by atoms with Gasteiger partial charge < -0.3 is 29.9 Å². The number of aromatic nitrogens is 1. The SMILES string of the molecule is CC[C@@H]1CCN(C(=O)Nc2ccc(C)c(-c3cc(N4CCOCC4)nc(N4CC(C)(O)C4)c3)c2)C1. The third-order valence-electron chi connectivity index (χ3n) is 7.47. The van der Waals surface area contributed by atoms with Crippen molar-refractivity contribution in [1.82, 2.24) is 9.88 Å². The maximum absolute atomic E-state index is 12.9. The molecule has 8 heteroatoms. The molecular weight excluding hydrogens is 442 g/mol. The summed E-state index contributed by atoms with van der Waals surface area (Å²) in [5, 5.41) is 13.4. The largest absolute Gasteiger partial charge is 0.386 e. The Bertz CT molecular complexity index is 1070. The van der Waals surface area contributed by atoms with Crippen LogP contribution >= 0.6 is 0 Å². The fraction of sp³-hybridized carbons (Fsp3) is 0.556. The van der Waals surface area contributed by atoms with Crippen molar-refractivity contribution in [2.24, 2.45) is 5.92 Å². The predicted molar refractivity (Wildman–Crippen MR) is 139 cm³/mol. The van der Waals surface area contributed by atoms with Gasteiger partial charge in [-0.1, -0.05) is 19.4 Å². The minimum absolute atomic E-state index is 0.0250. The normalized spacial score (nSPS) is 21.7. The quantitative estimate of drug-likeness (QED) is 0.680. The van der Waals surface area contributed by atoms with Crippen LogP contribution < -0.4 is 15.1 Å². The van der Waals surface area contributed by atoms with Gasteiger partial charge in [-0.25, -0.2) is 9.78 Å². The predicted octanol–water partition coefficient (Wildman–Crippen LogP) is 3.73. The molecule has 5 rings (SSSR count). The smallest absolute Gasteiger partial charge is 0.321 e. The summed E-state index contributed by atoms with van der Waals surface area (Å²) in [5.41, 5.74) is 3.39. The van der Waals surface area contributed by atoms with Gasteiger partial charge >= 0.3 is 6.03 Å². The van der Waals surface area contributed by atoms with Gasteiger partial charge in [0, 0.05) is 45.0 Å². The summed E-state index contributed by atoms with van der Waals surface area (Å²) in [6.07, 6.45) is 2.19. The summed E-state index contributed by atoms with van der Waals surface area (Å²) in [5.74, 6) is 2.39. The Kier molecular flexibility index (Phi) is 6.59. The highest BCUT2D eigenvalue weighted by atomic mass is 16.5. The average Bonchev–Trinajstić information content (AvgIpc) is 3.33. The molecule has 3 fully saturated rings. The first-order chi connectivity index (χ1) is 16.8. The molecule has 2 N–H and O–H groups in total. The van der Waals surface area contributed by atoms with Gasteiger partial charge in [-0.3, -0.25) is 0 Å². The van der Waals surface area contributed by atoms with E-state index in [1.54, 1.807) is 0 Å². The van der Waals surface area contributed by atoms with Gasteiger partial charge in [0.25, 0.3) is 0 Å². The Morgan fingerprint density at radius 1 is 1.14 bits per heavy atom. The highest BCUT2D eigenvalue weighted by Crippen LogP contribution is 2.35. The maximum Gasteiger partial charge on any atom is 0.321 e. The second-order valence-corrected chi connectivity index (χ2v) is 10.5. The number of nitrogens with one attached hydrogen (secondary N) is 1. The lowest BCUT2D eigenvalue weighted by atomic mass is 9.96. The number of hydrogen-bond donors (Lipinski definition) is 2. The lowest BCUT2D eigenvalue weighted by Gasteiger charge is -2.45. The van der Waals surface area contributed by atoms with Crippen molar-refractivity contribution in [3.8, 4) is 11.1 Å². The molecule has 0 saturated carbocycles. The number of anilines is 3. The minimum Gasteiger partial charge on any atom is -0.386 e. The molecule has 2 aromatic rings. The number of ether oxygens (including phenoxy) is 1. The summed E-state index contributed by atoms with van der Waals surface area (Å²) in [7, 11) is 0. The second kappa shape index (κ2) is 9.66. The molecule has 0 unspecified atom stereocenters. The summed E-state index contributed by atoms with van der Waals surface area (Å²) in [4.78, 5) is 24.1. The first-order valence-corrected chi connectivity index (χ1v) is 12.8. The van der Waals surface area contributed by atoms with E-state index in [2.05, 4.69) is 53.2 Å². The minimum atomic E-state index is -0.677. The van der Waals surface area contributed by atoms with Gasteiger partial charge in [0.1, 0.15) is 11.6 Å². The number of aliphatic hydroxyl groups is 1. The zero-order chi connectivity index (χ0) is 24.6. The molecular formula is C27H37N5O3. The monoisotopic (exact) mass is 479 g/mol. The van der Waals surface area contributed by atoms with Crippen LogP contribution in [0.5, 0.6) is 0 Å². The molecule has 0 radical (unpaired) electrons. The van der Waals surface area contributed by atoms with Gasteiger partial charge in [0.05, 0.1) is 18.8 Å². The number of pyridine rings is 1. The average molecular weight is 480 g/mol. The van der Waals surface area contributed by atoms with E-state index in [1.807, 2.05) is 17.9 Å². The van der Waals surface area contributed by atoms with E-state index >= 15 is 0 Å². The van der Waals surface area contributed by atoms with Crippen molar-refractivity contribution >= 4 is 23.4 Å². The first kappa shape index (κ1) is 23.9. The molecule has 1 aromatic heterocycles. The van der Waals surface area contributed by atoms with Crippen molar-refractivity contribution < 1.29 is 14.6 Å². The third kappa shape index (κ3) is 5.23. The summed E-state index contributed by atoms with van der Waals surface area (Å²) >= 11 is 0. The summed E-state index contributed by atoms with van der Waals surface area (Å²) in [6.45, 7) is 11.9. The van der Waals surface area contributed by atoms with Crippen LogP contribution in [0.25, 0.3) is 11.1 Å². The number of urea groups is 1. The van der Waals surface area contributed by atoms with Crippen LogP contribution in [-0.2, 0) is 4.74 Å². The van der Waals surface area contributed by atoms with Crippen molar-refractivity contribution in [1.29, 1.82) is 0 Å². The Morgan fingerprint density at radius 2 is 1.86 bits per heavy atom. The second-order valence-electron chi connectivity index (χ2n) is 10.5. The van der Waals surface area contributed by atoms with E-state index in [0.29, 0.717) is 32.2 Å². The molecule has 0 aliphatic carbocycles. The highest BCUT2D eigenvalue weighted by Gasteiger charge is 2.37. The number of hydrogen-bond acceptors (Lipinski definition) is 6. The lowest BCUT2D eigenvalue weighted by Crippen LogP contribution is -2.60. The number of rotatable bonds is 5. The van der Waals surface area contributed by atoms with Crippen LogP contribution in [-0.4, -0.2) is 79.1 Å². The Hall–Kier alpha value is -2.84. The van der Waals surface area contributed by atoms with Gasteiger partial charge in [-0.05, 0) is 67.1 Å². The molecule has 0 bridgehead atoms. The van der Waals surface area contributed by atoms with Crippen LogP contribution in [0.15, 0.2) is 30.3 Å². The number of likely N-dealkylation sites (tertiary alicyclic amines) is 1. The van der Waals surface area contributed by atoms with Crippen molar-refractivity contribution in [3.05, 3.63) is 35.9 Å². The standard InChI is InChI=1S/C27H37N5O3/c1-4-20-7-8-31(16-20)26(33)28-22-6-5-19(2)23(15-22)21-13-24(30-9-11-35-12-10-30)29-25(14-21)32-17-27(3,34)18-32/h5-6,13-15,20,34H,4,7-12,16-18H2,1-3H3,(H,28,33)/t20-/m1/s1. The Labute approximate surface area is 207 Å². The summed E-state index contributed by atoms with van der Waals surface area (Å²) < 4.78 is 5.54. The highest BCUT2D eigenvalue weighted by molar-refractivity contribution is 5.91. The zero-order valence-corrected chi connectivity index (χ0v) is 21.1. The van der Waals surface area contributed by atoms with Gasteiger partial charge in [0.15, 0.2) is 0 Å². The fourth-order valence-electron chi connectivity index (χ4n) is 5.28. The Balaban J connectivity index is 1.43. The van der Waals surface area contributed by atoms with E-state index in [-0.39, 0.29) is 6.03 Å². The van der Waals surface area contributed by atoms with Crippen molar-refractivity contribution in [3.63, 3.8) is 0 Å². The molecule has 1 aromatic carbocycles. The number of benzene rings is 1. The Morgan fingerprint density at radius 3 is 2.51 bits per heavy atom. The number of aryl methyl sites for hydroxylation is 1. The van der Waals surface area contributed by atoms with Crippen LogP contribution in [0, 0.1) is 12.8 Å². The molecule has 8 nitrogen and oxygen atoms in total. The van der Waals surface area contributed by atoms with Crippen LogP contribution in [0.1, 0.15) is 32.3 Å². The number of nitrogens with zero attached hydrogens (tertiary/aromatic N) is 4. The van der Waals surface area contributed by atoms with Crippen molar-refractivity contribution in [2.75, 3.05) is 67.6 Å². The number of amides is 2. The van der Waals surface area contributed by atoms with E-state index < -0.39 is 5.60 Å². The molecule has 0 spiro atoms. The van der Waals surface area contributed by atoms with E-state index in [9.17, 15) is 9.90 Å². The summed E-state index contributed by atoms with van der Waals surface area (Å²) in [6, 6.07) is 10.3. The molecule has 3 aliphatic heterocycles. The molecule has 2 amide bonds. The molecule has 3 saturated heterocycles. The zero-order valence-electron chi connectivity index (χ0n) is 21.1. The number of carbonyl (C=O) groups is 1. The van der Waals surface area contributed by atoms with Gasteiger partial charge in [-0.2, -0.15) is 0 Å². The maximum atomic E-state index is 12.9. The van der Waals surface area contributed by atoms with Crippen LogP contribution in [0.2, 0.25) is 0 Å². The van der Waals surface area contributed by atoms with Crippen LogP contribution in [0.4, 0.5) is 22.1 Å². The molecule has 188 valence electrons. The lowest BCUT2D eigenvalue weighted by molar-refractivity contribution is 0.0305. The van der Waals surface area contributed by atoms with Gasteiger partial charge in [0.2, 0.25) is 0 Å². The number of morpholine rings is 1. The number of β-amino-alcohol motifs (C(OH)–C–C–N with tert-alkyl or cyclic N) is 1. The van der Waals surface area contributed by atoms with E-state index in [4.69, 9.17) is 9.72 Å². The van der Waals surface area contributed by atoms with E-state index in [0.717, 1.165) is 73.0 Å². The molecule has 4 heterocycles. The number of carbonyl (C=O) groups excluding carboxylic acids is 1. The molecule has 3 aliphatic rings. The van der Waals surface area contributed by atoms with Crippen molar-refractivity contribution in [2.45, 2.75) is 39.2 Å². The first-order valence-electron chi connectivity index (χ1n) is 12.8. The fourth-order valence-corrected chi connectivity index (χ4v) is 5.28. The van der Waals surface area contributed by atoms with E-state index in [1.165, 1.54) is 0 Å².